The highest BCUT2D eigenvalue weighted by atomic mass is 32.1. The number of hydrogen-bond acceptors (Lipinski definition) is 4. The number of aromatic hydroxyl groups is 1. The topological polar surface area (TPSA) is 61.8 Å². The van der Waals surface area contributed by atoms with Crippen LogP contribution in [0.4, 0.5) is 5.69 Å². The van der Waals surface area contributed by atoms with Gasteiger partial charge in [0.2, 0.25) is 0 Å². The maximum atomic E-state index is 12.9. The lowest BCUT2D eigenvalue weighted by molar-refractivity contribution is -0.113. The fourth-order valence-electron chi connectivity index (χ4n) is 2.89. The van der Waals surface area contributed by atoms with Crippen LogP contribution >= 0.6 is 12.2 Å². The van der Waals surface area contributed by atoms with Gasteiger partial charge in [0.15, 0.2) is 16.6 Å². The first-order chi connectivity index (χ1) is 12.4. The molecule has 1 heterocycles. The lowest BCUT2D eigenvalue weighted by atomic mass is 10.1. The number of ether oxygens (including phenoxy) is 1. The SMILES string of the molecule is CCOc1cccc(/C=C2/NC(=S)N(c3ccc(C)cc3C)C2=O)c1O. The van der Waals surface area contributed by atoms with E-state index in [0.29, 0.717) is 28.7 Å². The number of carbonyl (C=O) groups excluding carboxylic acids is 1. The number of rotatable bonds is 4. The van der Waals surface area contributed by atoms with Crippen LogP contribution in [0.5, 0.6) is 11.5 Å². The second-order valence-corrected chi connectivity index (χ2v) is 6.43. The summed E-state index contributed by atoms with van der Waals surface area (Å²) in [7, 11) is 0. The molecule has 1 fully saturated rings. The number of nitrogens with zero attached hydrogens (tertiary/aromatic N) is 1. The molecule has 3 rings (SSSR count). The van der Waals surface area contributed by atoms with Crippen LogP contribution in [0.3, 0.4) is 0 Å². The number of aryl methyl sites for hydroxylation is 2. The average Bonchev–Trinajstić information content (AvgIpc) is 2.86. The number of hydrogen-bond donors (Lipinski definition) is 2. The van der Waals surface area contributed by atoms with Crippen molar-refractivity contribution in [3.63, 3.8) is 0 Å². The molecule has 0 radical (unpaired) electrons. The van der Waals surface area contributed by atoms with Crippen molar-refractivity contribution in [1.82, 2.24) is 5.32 Å². The zero-order chi connectivity index (χ0) is 18.8. The lowest BCUT2D eigenvalue weighted by Gasteiger charge is -2.17. The zero-order valence-electron chi connectivity index (χ0n) is 14.9. The number of nitrogens with one attached hydrogen (secondary N) is 1. The van der Waals surface area contributed by atoms with Crippen LogP contribution < -0.4 is 15.0 Å². The number of anilines is 1. The minimum absolute atomic E-state index is 0.00710. The molecule has 0 unspecified atom stereocenters. The largest absolute Gasteiger partial charge is 0.504 e. The minimum Gasteiger partial charge on any atom is -0.504 e. The fourth-order valence-corrected chi connectivity index (χ4v) is 3.18. The van der Waals surface area contributed by atoms with Crippen LogP contribution in [0.2, 0.25) is 0 Å². The Hall–Kier alpha value is -2.86. The smallest absolute Gasteiger partial charge is 0.281 e. The van der Waals surface area contributed by atoms with Gasteiger partial charge in [0.25, 0.3) is 5.91 Å². The van der Waals surface area contributed by atoms with Gasteiger partial charge < -0.3 is 15.2 Å². The predicted molar refractivity (Wildman–Crippen MR) is 106 cm³/mol. The summed E-state index contributed by atoms with van der Waals surface area (Å²) in [5.74, 6) is 0.108. The first kappa shape index (κ1) is 17.9. The van der Waals surface area contributed by atoms with E-state index >= 15 is 0 Å². The molecule has 134 valence electrons. The van der Waals surface area contributed by atoms with E-state index < -0.39 is 0 Å². The molecule has 2 aromatic rings. The summed E-state index contributed by atoms with van der Waals surface area (Å²) in [6, 6.07) is 11.0. The number of phenols is 1. The summed E-state index contributed by atoms with van der Waals surface area (Å²) in [4.78, 5) is 14.3. The highest BCUT2D eigenvalue weighted by molar-refractivity contribution is 7.80. The molecule has 6 heteroatoms. The molecule has 2 aromatic carbocycles. The number of thiocarbonyl (C=S) groups is 1. The van der Waals surface area contributed by atoms with Crippen molar-refractivity contribution in [3.8, 4) is 11.5 Å². The van der Waals surface area contributed by atoms with Crippen molar-refractivity contribution in [2.45, 2.75) is 20.8 Å². The minimum atomic E-state index is -0.261. The van der Waals surface area contributed by atoms with Crippen LogP contribution in [-0.2, 0) is 4.79 Å². The van der Waals surface area contributed by atoms with Crippen LogP contribution in [0.15, 0.2) is 42.1 Å². The van der Waals surface area contributed by atoms with Crippen molar-refractivity contribution in [2.24, 2.45) is 0 Å². The molecule has 26 heavy (non-hydrogen) atoms. The van der Waals surface area contributed by atoms with Gasteiger partial charge in [0, 0.05) is 5.56 Å². The van der Waals surface area contributed by atoms with Gasteiger partial charge in [-0.15, -0.1) is 0 Å². The van der Waals surface area contributed by atoms with E-state index in [1.54, 1.807) is 24.3 Å². The molecule has 0 spiro atoms. The van der Waals surface area contributed by atoms with Gasteiger partial charge in [0.05, 0.1) is 12.3 Å². The quantitative estimate of drug-likeness (QED) is 0.637. The Kier molecular flexibility index (Phi) is 4.95. The normalized spacial score (nSPS) is 15.5. The summed E-state index contributed by atoms with van der Waals surface area (Å²) in [6.07, 6.45) is 1.58. The van der Waals surface area contributed by atoms with Crippen molar-refractivity contribution in [1.29, 1.82) is 0 Å². The van der Waals surface area contributed by atoms with E-state index in [1.807, 2.05) is 39.0 Å². The number of benzene rings is 2. The molecular weight excluding hydrogens is 348 g/mol. The third-order valence-electron chi connectivity index (χ3n) is 4.10. The monoisotopic (exact) mass is 368 g/mol. The Morgan fingerprint density at radius 1 is 1.27 bits per heavy atom. The average molecular weight is 368 g/mol. The number of para-hydroxylation sites is 1. The first-order valence-corrected chi connectivity index (χ1v) is 8.72. The van der Waals surface area contributed by atoms with E-state index in [9.17, 15) is 9.90 Å². The molecule has 1 aliphatic heterocycles. The number of amides is 1. The predicted octanol–water partition coefficient (Wildman–Crippen LogP) is 3.67. The van der Waals surface area contributed by atoms with E-state index in [-0.39, 0.29) is 11.7 Å². The third kappa shape index (κ3) is 3.28. The molecule has 0 saturated carbocycles. The summed E-state index contributed by atoms with van der Waals surface area (Å²) in [5.41, 5.74) is 3.61. The molecule has 2 N–H and O–H groups in total. The molecule has 0 bridgehead atoms. The molecular formula is C20H20N2O3S. The van der Waals surface area contributed by atoms with Gasteiger partial charge in [-0.3, -0.25) is 9.69 Å². The number of phenolic OH excluding ortho intramolecular Hbond substituents is 1. The first-order valence-electron chi connectivity index (χ1n) is 8.31. The van der Waals surface area contributed by atoms with Crippen LogP contribution in [-0.4, -0.2) is 22.7 Å². The second kappa shape index (κ2) is 7.17. The van der Waals surface area contributed by atoms with Gasteiger partial charge >= 0.3 is 0 Å². The summed E-state index contributed by atoms with van der Waals surface area (Å²) in [5, 5.41) is 13.6. The van der Waals surface area contributed by atoms with Crippen molar-refractivity contribution < 1.29 is 14.6 Å². The zero-order valence-corrected chi connectivity index (χ0v) is 15.7. The van der Waals surface area contributed by atoms with Gasteiger partial charge in [-0.1, -0.05) is 29.8 Å². The Morgan fingerprint density at radius 2 is 2.04 bits per heavy atom. The molecule has 0 atom stereocenters. The van der Waals surface area contributed by atoms with Gasteiger partial charge in [-0.2, -0.15) is 0 Å². The number of carbonyl (C=O) groups is 1. The van der Waals surface area contributed by atoms with Crippen molar-refractivity contribution in [2.75, 3.05) is 11.5 Å². The summed E-state index contributed by atoms with van der Waals surface area (Å²) < 4.78 is 5.39. The molecule has 0 aromatic heterocycles. The maximum absolute atomic E-state index is 12.9. The molecule has 5 nitrogen and oxygen atoms in total. The van der Waals surface area contributed by atoms with E-state index in [1.165, 1.54) is 4.90 Å². The van der Waals surface area contributed by atoms with Gasteiger partial charge in [0.1, 0.15) is 5.70 Å². The molecule has 1 aliphatic rings. The second-order valence-electron chi connectivity index (χ2n) is 6.05. The summed E-state index contributed by atoms with van der Waals surface area (Å²) >= 11 is 5.35. The lowest BCUT2D eigenvalue weighted by Crippen LogP contribution is -2.30. The Morgan fingerprint density at radius 3 is 2.73 bits per heavy atom. The summed E-state index contributed by atoms with van der Waals surface area (Å²) in [6.45, 7) is 6.22. The molecule has 1 amide bonds. The fraction of sp³-hybridized carbons (Fsp3) is 0.200. The van der Waals surface area contributed by atoms with Gasteiger partial charge in [-0.05, 0) is 56.8 Å². The standard InChI is InChI=1S/C20H20N2O3S/c1-4-25-17-7-5-6-14(18(17)23)11-15-19(24)22(20(26)21-15)16-9-8-12(2)10-13(16)3/h5-11,23H,4H2,1-3H3,(H,21,26)/b15-11+. The van der Waals surface area contributed by atoms with Crippen LogP contribution in [0.1, 0.15) is 23.6 Å². The maximum Gasteiger partial charge on any atom is 0.281 e. The van der Waals surface area contributed by atoms with E-state index in [4.69, 9.17) is 17.0 Å². The van der Waals surface area contributed by atoms with Gasteiger partial charge in [-0.25, -0.2) is 0 Å². The molecule has 1 saturated heterocycles. The van der Waals surface area contributed by atoms with Crippen molar-refractivity contribution >= 4 is 35.0 Å². The van der Waals surface area contributed by atoms with Crippen LogP contribution in [0, 0.1) is 13.8 Å². The Balaban J connectivity index is 1.97. The Labute approximate surface area is 157 Å². The third-order valence-corrected chi connectivity index (χ3v) is 4.39. The molecule has 0 aliphatic carbocycles. The highest BCUT2D eigenvalue weighted by Crippen LogP contribution is 2.32. The van der Waals surface area contributed by atoms with Crippen LogP contribution in [0.25, 0.3) is 6.08 Å². The van der Waals surface area contributed by atoms with E-state index in [0.717, 1.165) is 16.8 Å². The Bertz CT molecular complexity index is 921. The van der Waals surface area contributed by atoms with Crippen molar-refractivity contribution in [3.05, 3.63) is 58.8 Å². The highest BCUT2D eigenvalue weighted by Gasteiger charge is 2.33. The van der Waals surface area contributed by atoms with E-state index in [2.05, 4.69) is 5.32 Å².